The first-order valence-electron chi connectivity index (χ1n) is 8.74. The Balaban J connectivity index is 3.56. The van der Waals surface area contributed by atoms with Crippen molar-refractivity contribution in [2.24, 2.45) is 5.41 Å². The minimum absolute atomic E-state index is 0.203. The summed E-state index contributed by atoms with van der Waals surface area (Å²) >= 11 is 1.99. The van der Waals surface area contributed by atoms with Crippen molar-refractivity contribution >= 4 is 40.6 Å². The maximum atomic E-state index is 13.3. The molecule has 0 aliphatic rings. The SMILES string of the molecule is [2H]CC(C)(C)[C@@H](C(=O)OC)N(C(=O)OC(C)(C)C)C(=O)c1ccccc1I. The Labute approximate surface area is 169 Å². The Morgan fingerprint density at radius 3 is 2.19 bits per heavy atom. The lowest BCUT2D eigenvalue weighted by Gasteiger charge is -2.37. The van der Waals surface area contributed by atoms with Crippen molar-refractivity contribution in [2.75, 3.05) is 7.11 Å². The van der Waals surface area contributed by atoms with Gasteiger partial charge in [-0.15, -0.1) is 0 Å². The lowest BCUT2D eigenvalue weighted by Crippen LogP contribution is -2.56. The molecule has 1 aromatic rings. The normalized spacial score (nSPS) is 13.4. The van der Waals surface area contributed by atoms with Crippen LogP contribution in [0.5, 0.6) is 0 Å². The van der Waals surface area contributed by atoms with Gasteiger partial charge < -0.3 is 9.47 Å². The highest BCUT2D eigenvalue weighted by atomic mass is 127. The van der Waals surface area contributed by atoms with Crippen LogP contribution in [0.4, 0.5) is 4.79 Å². The Hall–Kier alpha value is -1.64. The molecule has 0 aliphatic carbocycles. The molecule has 26 heavy (non-hydrogen) atoms. The molecule has 0 saturated carbocycles. The number of esters is 1. The molecule has 0 heterocycles. The van der Waals surface area contributed by atoms with E-state index in [9.17, 15) is 14.4 Å². The molecule has 0 saturated heterocycles. The fraction of sp³-hybridized carbons (Fsp3) is 0.526. The van der Waals surface area contributed by atoms with Gasteiger partial charge in [0.05, 0.1) is 12.7 Å². The van der Waals surface area contributed by atoms with Crippen molar-refractivity contribution < 1.29 is 25.2 Å². The van der Waals surface area contributed by atoms with Gasteiger partial charge in [0.25, 0.3) is 5.91 Å². The van der Waals surface area contributed by atoms with Gasteiger partial charge in [0.2, 0.25) is 0 Å². The van der Waals surface area contributed by atoms with Crippen molar-refractivity contribution in [3.05, 3.63) is 33.4 Å². The Morgan fingerprint density at radius 1 is 1.15 bits per heavy atom. The smallest absolute Gasteiger partial charge is 0.418 e. The zero-order chi connectivity index (χ0) is 21.0. The predicted molar refractivity (Wildman–Crippen MR) is 107 cm³/mol. The average molecular weight is 476 g/mol. The molecule has 1 atom stereocenters. The number of carbonyl (C=O) groups excluding carboxylic acids is 3. The van der Waals surface area contributed by atoms with Gasteiger partial charge in [-0.05, 0) is 60.9 Å². The van der Waals surface area contributed by atoms with Crippen LogP contribution in [0.2, 0.25) is 0 Å². The van der Waals surface area contributed by atoms with E-state index in [0.717, 1.165) is 4.90 Å². The van der Waals surface area contributed by atoms with Crippen molar-refractivity contribution in [2.45, 2.75) is 53.2 Å². The molecule has 7 heteroatoms. The first-order valence-corrected chi connectivity index (χ1v) is 9.11. The third-order valence-electron chi connectivity index (χ3n) is 3.34. The molecule has 0 fully saturated rings. The number of rotatable bonds is 3. The average Bonchev–Trinajstić information content (AvgIpc) is 2.56. The van der Waals surface area contributed by atoms with Gasteiger partial charge in [0.1, 0.15) is 11.6 Å². The van der Waals surface area contributed by atoms with Gasteiger partial charge in [-0.1, -0.05) is 32.9 Å². The van der Waals surface area contributed by atoms with Crippen LogP contribution in [-0.4, -0.2) is 41.6 Å². The maximum Gasteiger partial charge on any atom is 0.418 e. The summed E-state index contributed by atoms with van der Waals surface area (Å²) in [5, 5.41) is 0. The summed E-state index contributed by atoms with van der Waals surface area (Å²) in [6.45, 7) is 8.06. The Morgan fingerprint density at radius 2 is 1.73 bits per heavy atom. The largest absolute Gasteiger partial charge is 0.467 e. The number of benzene rings is 1. The number of ether oxygens (including phenoxy) is 2. The van der Waals surface area contributed by atoms with Crippen molar-refractivity contribution in [3.63, 3.8) is 0 Å². The third kappa shape index (κ3) is 5.69. The Bertz CT molecular complexity index is 714. The number of nitrogens with zero attached hydrogens (tertiary/aromatic N) is 1. The summed E-state index contributed by atoms with van der Waals surface area (Å²) in [7, 11) is 1.18. The predicted octanol–water partition coefficient (Wildman–Crippen LogP) is 4.26. The lowest BCUT2D eigenvalue weighted by atomic mass is 9.85. The third-order valence-corrected chi connectivity index (χ3v) is 4.28. The van der Waals surface area contributed by atoms with Crippen molar-refractivity contribution in [1.82, 2.24) is 4.90 Å². The minimum atomic E-state index is -1.31. The van der Waals surface area contributed by atoms with Gasteiger partial charge in [-0.3, -0.25) is 4.79 Å². The first-order chi connectivity index (χ1) is 12.4. The first kappa shape index (κ1) is 20.7. The van der Waals surface area contributed by atoms with Gasteiger partial charge in [0.15, 0.2) is 0 Å². The summed E-state index contributed by atoms with van der Waals surface area (Å²) in [5.41, 5.74) is -1.65. The highest BCUT2D eigenvalue weighted by Crippen LogP contribution is 2.29. The summed E-state index contributed by atoms with van der Waals surface area (Å²) in [5.74, 6) is -1.46. The van der Waals surface area contributed by atoms with Gasteiger partial charge in [-0.2, -0.15) is 0 Å². The van der Waals surface area contributed by atoms with Crippen LogP contribution in [0.3, 0.4) is 0 Å². The molecule has 0 unspecified atom stereocenters. The van der Waals surface area contributed by atoms with Crippen LogP contribution in [0.15, 0.2) is 24.3 Å². The van der Waals surface area contributed by atoms with E-state index >= 15 is 0 Å². The zero-order valence-corrected chi connectivity index (χ0v) is 18.1. The molecule has 0 aliphatic heterocycles. The molecule has 0 N–H and O–H groups in total. The number of halogens is 1. The second-order valence-electron chi connectivity index (χ2n) is 7.55. The number of hydrogen-bond donors (Lipinski definition) is 0. The number of hydrogen-bond acceptors (Lipinski definition) is 5. The number of imide groups is 1. The molecule has 0 bridgehead atoms. The summed E-state index contributed by atoms with van der Waals surface area (Å²) in [6, 6.07) is 5.43. The van der Waals surface area contributed by atoms with E-state index in [-0.39, 0.29) is 12.5 Å². The molecule has 0 spiro atoms. The van der Waals surface area contributed by atoms with E-state index in [1.807, 2.05) is 22.6 Å². The fourth-order valence-electron chi connectivity index (χ4n) is 2.27. The molecule has 0 radical (unpaired) electrons. The van der Waals surface area contributed by atoms with E-state index in [4.69, 9.17) is 10.8 Å². The Kier molecular flexibility index (Phi) is 6.65. The lowest BCUT2D eigenvalue weighted by molar-refractivity contribution is -0.149. The highest BCUT2D eigenvalue weighted by Gasteiger charge is 2.45. The van der Waals surface area contributed by atoms with Crippen molar-refractivity contribution in [1.29, 1.82) is 0 Å². The van der Waals surface area contributed by atoms with E-state index in [1.165, 1.54) is 7.11 Å². The maximum absolute atomic E-state index is 13.3. The molecule has 1 aromatic carbocycles. The fourth-order valence-corrected chi connectivity index (χ4v) is 2.88. The summed E-state index contributed by atoms with van der Waals surface area (Å²) in [6.07, 6.45) is -0.955. The van der Waals surface area contributed by atoms with E-state index in [1.54, 1.807) is 58.9 Å². The van der Waals surface area contributed by atoms with Gasteiger partial charge in [-0.25, -0.2) is 14.5 Å². The van der Waals surface area contributed by atoms with E-state index < -0.39 is 35.0 Å². The van der Waals surface area contributed by atoms with E-state index in [0.29, 0.717) is 3.57 Å². The van der Waals surface area contributed by atoms with Crippen LogP contribution in [-0.2, 0) is 14.3 Å². The van der Waals surface area contributed by atoms with Crippen LogP contribution in [0.25, 0.3) is 0 Å². The minimum Gasteiger partial charge on any atom is -0.467 e. The number of methoxy groups -OCH3 is 1. The molecule has 0 aromatic heterocycles. The second kappa shape index (κ2) is 8.37. The molecule has 144 valence electrons. The molecule has 6 nitrogen and oxygen atoms in total. The molecule has 1 rings (SSSR count). The van der Waals surface area contributed by atoms with Crippen LogP contribution >= 0.6 is 22.6 Å². The van der Waals surface area contributed by atoms with Crippen molar-refractivity contribution in [3.8, 4) is 0 Å². The number of amides is 2. The summed E-state index contributed by atoms with van der Waals surface area (Å²) in [4.78, 5) is 39.5. The van der Waals surface area contributed by atoms with E-state index in [2.05, 4.69) is 0 Å². The zero-order valence-electron chi connectivity index (χ0n) is 17.0. The highest BCUT2D eigenvalue weighted by molar-refractivity contribution is 14.1. The number of carbonyl (C=O) groups is 3. The molecule has 2 amide bonds. The van der Waals surface area contributed by atoms with Crippen LogP contribution < -0.4 is 0 Å². The topological polar surface area (TPSA) is 72.9 Å². The van der Waals surface area contributed by atoms with Gasteiger partial charge >= 0.3 is 12.1 Å². The second-order valence-corrected chi connectivity index (χ2v) is 8.71. The monoisotopic (exact) mass is 476 g/mol. The van der Waals surface area contributed by atoms with Gasteiger partial charge in [0, 0.05) is 4.94 Å². The molecular weight excluding hydrogens is 449 g/mol. The molecular formula is C19H26INO5. The van der Waals surface area contributed by atoms with Crippen LogP contribution in [0, 0.1) is 8.99 Å². The quantitative estimate of drug-likeness (QED) is 0.482. The summed E-state index contributed by atoms with van der Waals surface area (Å²) < 4.78 is 18.7. The standard InChI is InChI=1S/C19H26INO5/c1-18(2,3)14(16(23)25-7)21(17(24)26-19(4,5)6)15(22)12-10-8-9-11-13(12)20/h8-11,14H,1-7H3/t14-/m1/s1/i1D. The van der Waals surface area contributed by atoms with Crippen LogP contribution in [0.1, 0.15) is 53.2 Å².